The van der Waals surface area contributed by atoms with Crippen LogP contribution in [0.2, 0.25) is 0 Å². The third-order valence-electron chi connectivity index (χ3n) is 2.03. The fraction of sp³-hybridized carbons (Fsp3) is 0.100. The van der Waals surface area contributed by atoms with Crippen molar-refractivity contribution in [2.45, 2.75) is 6.42 Å². The Balaban J connectivity index is 2.59. The first-order valence-electron chi connectivity index (χ1n) is 4.23. The Bertz CT molecular complexity index is 526. The van der Waals surface area contributed by atoms with Crippen molar-refractivity contribution < 1.29 is 24.5 Å². The normalized spacial score (nSPS) is 10.7. The zero-order valence-corrected chi connectivity index (χ0v) is 7.60. The molecule has 0 aliphatic heterocycles. The number of fused-ring (bicyclic) bond motifs is 1. The van der Waals surface area contributed by atoms with Gasteiger partial charge in [-0.3, -0.25) is 4.79 Å². The fourth-order valence-electron chi connectivity index (χ4n) is 1.38. The van der Waals surface area contributed by atoms with Crippen LogP contribution in [0.3, 0.4) is 0 Å². The Morgan fingerprint density at radius 2 is 2.07 bits per heavy atom. The number of carboxylic acids is 1. The Morgan fingerprint density at radius 1 is 1.33 bits per heavy atom. The van der Waals surface area contributed by atoms with E-state index >= 15 is 0 Å². The van der Waals surface area contributed by atoms with E-state index in [9.17, 15) is 15.0 Å². The molecule has 0 saturated heterocycles. The van der Waals surface area contributed by atoms with Gasteiger partial charge in [-0.15, -0.1) is 0 Å². The third-order valence-corrected chi connectivity index (χ3v) is 2.03. The minimum absolute atomic E-state index is 0.0110. The van der Waals surface area contributed by atoms with Gasteiger partial charge < -0.3 is 19.7 Å². The molecule has 15 heavy (non-hydrogen) atoms. The summed E-state index contributed by atoms with van der Waals surface area (Å²) in [4.78, 5) is 10.4. The first-order chi connectivity index (χ1) is 7.08. The number of phenolic OH excluding ortho intramolecular Hbond substituents is 1. The average molecular weight is 208 g/mol. The van der Waals surface area contributed by atoms with Crippen LogP contribution in [-0.2, 0) is 11.2 Å². The summed E-state index contributed by atoms with van der Waals surface area (Å²) < 4.78 is 5.12. The lowest BCUT2D eigenvalue weighted by Gasteiger charge is -1.91. The molecule has 78 valence electrons. The summed E-state index contributed by atoms with van der Waals surface area (Å²) in [5.74, 6) is -1.35. The minimum Gasteiger partial charge on any atom is -0.508 e. The minimum atomic E-state index is -1.09. The molecule has 5 heteroatoms. The molecule has 2 aromatic rings. The van der Waals surface area contributed by atoms with Gasteiger partial charge in [0.1, 0.15) is 17.8 Å². The van der Waals surface area contributed by atoms with Crippen LogP contribution in [0, 0.1) is 0 Å². The highest BCUT2D eigenvalue weighted by atomic mass is 16.4. The van der Waals surface area contributed by atoms with E-state index in [0.29, 0.717) is 11.0 Å². The maximum Gasteiger partial charge on any atom is 0.311 e. The van der Waals surface area contributed by atoms with Gasteiger partial charge in [-0.05, 0) is 18.2 Å². The number of hydrogen-bond donors (Lipinski definition) is 3. The number of hydrogen-bond acceptors (Lipinski definition) is 4. The van der Waals surface area contributed by atoms with Gasteiger partial charge in [0.05, 0.1) is 5.39 Å². The van der Waals surface area contributed by atoms with Crippen molar-refractivity contribution in [3.05, 3.63) is 24.0 Å². The Morgan fingerprint density at radius 3 is 2.73 bits per heavy atom. The first-order valence-corrected chi connectivity index (χ1v) is 4.23. The second-order valence-electron chi connectivity index (χ2n) is 3.12. The van der Waals surface area contributed by atoms with Crippen LogP contribution in [-0.4, -0.2) is 21.3 Å². The number of phenols is 1. The molecule has 0 saturated carbocycles. The predicted octanol–water partition coefficient (Wildman–Crippen LogP) is 1.47. The Kier molecular flexibility index (Phi) is 2.00. The van der Waals surface area contributed by atoms with E-state index in [4.69, 9.17) is 9.52 Å². The number of benzene rings is 1. The van der Waals surface area contributed by atoms with E-state index in [1.54, 1.807) is 0 Å². The SMILES string of the molecule is O=C(O)Cc1oc2ccc(O)cc2c1O. The number of aliphatic carboxylic acids is 1. The van der Waals surface area contributed by atoms with E-state index in [-0.39, 0.29) is 23.7 Å². The van der Waals surface area contributed by atoms with Crippen molar-refractivity contribution >= 4 is 16.9 Å². The van der Waals surface area contributed by atoms with Crippen molar-refractivity contribution in [3.8, 4) is 11.5 Å². The van der Waals surface area contributed by atoms with Gasteiger partial charge in [-0.1, -0.05) is 0 Å². The van der Waals surface area contributed by atoms with Crippen LogP contribution >= 0.6 is 0 Å². The van der Waals surface area contributed by atoms with Crippen molar-refractivity contribution in [2.24, 2.45) is 0 Å². The zero-order valence-electron chi connectivity index (χ0n) is 7.60. The standard InChI is InChI=1S/C10H8O5/c11-5-1-2-7-6(3-5)10(14)8(15-7)4-9(12)13/h1-3,11,14H,4H2,(H,12,13). The molecular weight excluding hydrogens is 200 g/mol. The lowest BCUT2D eigenvalue weighted by molar-refractivity contribution is -0.136. The molecule has 2 rings (SSSR count). The van der Waals surface area contributed by atoms with Gasteiger partial charge >= 0.3 is 5.97 Å². The second-order valence-corrected chi connectivity index (χ2v) is 3.12. The van der Waals surface area contributed by atoms with Gasteiger partial charge in [0.15, 0.2) is 11.5 Å². The van der Waals surface area contributed by atoms with Crippen molar-refractivity contribution in [2.75, 3.05) is 0 Å². The molecule has 0 unspecified atom stereocenters. The van der Waals surface area contributed by atoms with Gasteiger partial charge in [0, 0.05) is 0 Å². The van der Waals surface area contributed by atoms with Crippen LogP contribution in [0.1, 0.15) is 5.76 Å². The fourth-order valence-corrected chi connectivity index (χ4v) is 1.38. The second kappa shape index (κ2) is 3.20. The number of furan rings is 1. The highest BCUT2D eigenvalue weighted by molar-refractivity contribution is 5.87. The van der Waals surface area contributed by atoms with Gasteiger partial charge in [0.25, 0.3) is 0 Å². The van der Waals surface area contributed by atoms with Crippen LogP contribution in [0.15, 0.2) is 22.6 Å². The van der Waals surface area contributed by atoms with Crippen molar-refractivity contribution in [3.63, 3.8) is 0 Å². The molecule has 1 aromatic heterocycles. The average Bonchev–Trinajstić information content (AvgIpc) is 2.44. The van der Waals surface area contributed by atoms with E-state index in [1.807, 2.05) is 0 Å². The molecule has 1 aromatic carbocycles. The monoisotopic (exact) mass is 208 g/mol. The van der Waals surface area contributed by atoms with Crippen LogP contribution in [0.25, 0.3) is 11.0 Å². The van der Waals surface area contributed by atoms with E-state index in [0.717, 1.165) is 0 Å². The molecule has 0 radical (unpaired) electrons. The quantitative estimate of drug-likeness (QED) is 0.695. The van der Waals surface area contributed by atoms with Gasteiger partial charge in [0.2, 0.25) is 0 Å². The number of rotatable bonds is 2. The molecule has 0 atom stereocenters. The molecule has 0 fully saturated rings. The van der Waals surface area contributed by atoms with Crippen LogP contribution < -0.4 is 0 Å². The summed E-state index contributed by atoms with van der Waals surface area (Å²) in [5.41, 5.74) is 0.349. The number of carboxylic acid groups (broad SMARTS) is 1. The highest BCUT2D eigenvalue weighted by Crippen LogP contribution is 2.34. The Labute approximate surface area is 84.2 Å². The first kappa shape index (κ1) is 9.39. The molecule has 1 heterocycles. The summed E-state index contributed by atoms with van der Waals surface area (Å²) in [6, 6.07) is 4.19. The van der Waals surface area contributed by atoms with Gasteiger partial charge in [-0.25, -0.2) is 0 Å². The molecule has 0 bridgehead atoms. The van der Waals surface area contributed by atoms with E-state index < -0.39 is 5.97 Å². The lowest BCUT2D eigenvalue weighted by atomic mass is 10.2. The molecule has 0 spiro atoms. The molecular formula is C10H8O5. The Hall–Kier alpha value is -2.17. The summed E-state index contributed by atoms with van der Waals surface area (Å²) in [5, 5.41) is 27.6. The summed E-state index contributed by atoms with van der Waals surface area (Å²) in [6.45, 7) is 0. The van der Waals surface area contributed by atoms with E-state index in [2.05, 4.69) is 0 Å². The van der Waals surface area contributed by atoms with Crippen molar-refractivity contribution in [1.29, 1.82) is 0 Å². The molecule has 5 nitrogen and oxygen atoms in total. The van der Waals surface area contributed by atoms with Crippen LogP contribution in [0.5, 0.6) is 11.5 Å². The summed E-state index contributed by atoms with van der Waals surface area (Å²) in [7, 11) is 0. The maximum absolute atomic E-state index is 10.4. The summed E-state index contributed by atoms with van der Waals surface area (Å²) in [6.07, 6.45) is -0.388. The predicted molar refractivity (Wildman–Crippen MR) is 50.9 cm³/mol. The zero-order chi connectivity index (χ0) is 11.0. The number of carbonyl (C=O) groups is 1. The highest BCUT2D eigenvalue weighted by Gasteiger charge is 2.15. The largest absolute Gasteiger partial charge is 0.508 e. The van der Waals surface area contributed by atoms with Gasteiger partial charge in [-0.2, -0.15) is 0 Å². The third kappa shape index (κ3) is 1.59. The van der Waals surface area contributed by atoms with Crippen molar-refractivity contribution in [1.82, 2.24) is 0 Å². The molecule has 3 N–H and O–H groups in total. The molecule has 0 aliphatic rings. The van der Waals surface area contributed by atoms with Crippen LogP contribution in [0.4, 0.5) is 0 Å². The number of aromatic hydroxyl groups is 2. The molecule has 0 aliphatic carbocycles. The molecule has 0 amide bonds. The lowest BCUT2D eigenvalue weighted by Crippen LogP contribution is -1.98. The topological polar surface area (TPSA) is 90.9 Å². The smallest absolute Gasteiger partial charge is 0.311 e. The van der Waals surface area contributed by atoms with E-state index in [1.165, 1.54) is 18.2 Å². The maximum atomic E-state index is 10.4. The summed E-state index contributed by atoms with van der Waals surface area (Å²) >= 11 is 0.